The van der Waals surface area contributed by atoms with Crippen LogP contribution in [0.25, 0.3) is 0 Å². The molecule has 118 valence electrons. The lowest BCUT2D eigenvalue weighted by Crippen LogP contribution is -2.12. The van der Waals surface area contributed by atoms with Gasteiger partial charge in [0.2, 0.25) is 11.8 Å². The number of nitrogens with one attached hydrogen (secondary N) is 2. The van der Waals surface area contributed by atoms with E-state index >= 15 is 0 Å². The van der Waals surface area contributed by atoms with E-state index in [1.54, 1.807) is 7.11 Å². The van der Waals surface area contributed by atoms with Gasteiger partial charge in [-0.2, -0.15) is 4.98 Å². The fourth-order valence-electron chi connectivity index (χ4n) is 1.51. The molecule has 9 heteroatoms. The average molecular weight is 299 g/mol. The van der Waals surface area contributed by atoms with Crippen LogP contribution in [0.4, 0.5) is 17.5 Å². The molecule has 9 nitrogen and oxygen atoms in total. The average Bonchev–Trinajstić information content (AvgIpc) is 2.46. The van der Waals surface area contributed by atoms with Crippen molar-refractivity contribution in [2.45, 2.75) is 13.3 Å². The van der Waals surface area contributed by atoms with Gasteiger partial charge in [-0.15, -0.1) is 0 Å². The molecule has 0 bridgehead atoms. The zero-order chi connectivity index (χ0) is 15.5. The zero-order valence-electron chi connectivity index (χ0n) is 12.3. The summed E-state index contributed by atoms with van der Waals surface area (Å²) in [6.07, 6.45) is 1.91. The lowest BCUT2D eigenvalue weighted by molar-refractivity contribution is -0.384. The Kier molecular flexibility index (Phi) is 7.99. The molecule has 0 spiro atoms. The number of hydrogen-bond acceptors (Lipinski definition) is 8. The van der Waals surface area contributed by atoms with Crippen molar-refractivity contribution >= 4 is 17.5 Å². The van der Waals surface area contributed by atoms with Gasteiger partial charge in [-0.1, -0.05) is 0 Å². The lowest BCUT2D eigenvalue weighted by Gasteiger charge is -2.08. The molecule has 1 aromatic rings. The first-order valence-corrected chi connectivity index (χ1v) is 6.74. The number of anilines is 2. The van der Waals surface area contributed by atoms with E-state index in [2.05, 4.69) is 20.6 Å². The summed E-state index contributed by atoms with van der Waals surface area (Å²) in [6, 6.07) is 0. The quantitative estimate of drug-likeness (QED) is 0.357. The van der Waals surface area contributed by atoms with Crippen LogP contribution in [-0.4, -0.2) is 54.9 Å². The molecule has 0 atom stereocenters. The summed E-state index contributed by atoms with van der Waals surface area (Å²) in [5.74, 6) is 0.574. The van der Waals surface area contributed by atoms with Gasteiger partial charge >= 0.3 is 5.69 Å². The SMILES string of the molecule is CCNc1ncc([N+](=O)[O-])c(NCCCOCCOC)n1. The Morgan fingerprint density at radius 3 is 2.81 bits per heavy atom. The maximum atomic E-state index is 10.9. The zero-order valence-corrected chi connectivity index (χ0v) is 12.3. The third-order valence-electron chi connectivity index (χ3n) is 2.49. The second-order valence-electron chi connectivity index (χ2n) is 4.10. The third-order valence-corrected chi connectivity index (χ3v) is 2.49. The highest BCUT2D eigenvalue weighted by atomic mass is 16.6. The summed E-state index contributed by atoms with van der Waals surface area (Å²) in [7, 11) is 1.61. The second-order valence-corrected chi connectivity index (χ2v) is 4.10. The normalized spacial score (nSPS) is 10.4. The van der Waals surface area contributed by atoms with Crippen LogP contribution < -0.4 is 10.6 Å². The van der Waals surface area contributed by atoms with E-state index in [4.69, 9.17) is 9.47 Å². The van der Waals surface area contributed by atoms with Gasteiger partial charge in [-0.05, 0) is 13.3 Å². The summed E-state index contributed by atoms with van der Waals surface area (Å²) >= 11 is 0. The number of hydrogen-bond donors (Lipinski definition) is 2. The molecule has 0 aliphatic carbocycles. The summed E-state index contributed by atoms with van der Waals surface area (Å²) < 4.78 is 10.2. The summed E-state index contributed by atoms with van der Waals surface area (Å²) in [5.41, 5.74) is -0.142. The molecule has 0 amide bonds. The number of nitro groups is 1. The molecular formula is C12H21N5O4. The molecule has 21 heavy (non-hydrogen) atoms. The van der Waals surface area contributed by atoms with E-state index < -0.39 is 4.92 Å². The van der Waals surface area contributed by atoms with E-state index in [9.17, 15) is 10.1 Å². The second kappa shape index (κ2) is 9.83. The molecule has 0 fully saturated rings. The maximum Gasteiger partial charge on any atom is 0.329 e. The standard InChI is InChI=1S/C12H21N5O4/c1-3-13-12-15-9-10(17(18)19)11(16-12)14-5-4-6-21-8-7-20-2/h9H,3-8H2,1-2H3,(H2,13,14,15,16). The highest BCUT2D eigenvalue weighted by Crippen LogP contribution is 2.21. The number of rotatable bonds is 11. The van der Waals surface area contributed by atoms with Crippen molar-refractivity contribution in [3.05, 3.63) is 16.3 Å². The van der Waals surface area contributed by atoms with Crippen molar-refractivity contribution < 1.29 is 14.4 Å². The van der Waals surface area contributed by atoms with Crippen LogP contribution in [-0.2, 0) is 9.47 Å². The molecule has 1 aromatic heterocycles. The Morgan fingerprint density at radius 2 is 2.14 bits per heavy atom. The number of methoxy groups -OCH3 is 1. The van der Waals surface area contributed by atoms with Gasteiger partial charge in [0.05, 0.1) is 18.1 Å². The highest BCUT2D eigenvalue weighted by molar-refractivity contribution is 5.56. The lowest BCUT2D eigenvalue weighted by atomic mass is 10.4. The van der Waals surface area contributed by atoms with Gasteiger partial charge in [0, 0.05) is 26.8 Å². The summed E-state index contributed by atoms with van der Waals surface area (Å²) in [6.45, 7) is 4.71. The van der Waals surface area contributed by atoms with Gasteiger partial charge in [-0.3, -0.25) is 10.1 Å². The maximum absolute atomic E-state index is 10.9. The minimum atomic E-state index is -0.507. The predicted octanol–water partition coefficient (Wildman–Crippen LogP) is 1.28. The van der Waals surface area contributed by atoms with E-state index in [0.717, 1.165) is 0 Å². The first-order valence-electron chi connectivity index (χ1n) is 6.74. The van der Waals surface area contributed by atoms with E-state index in [1.165, 1.54) is 6.20 Å². The fraction of sp³-hybridized carbons (Fsp3) is 0.667. The smallest absolute Gasteiger partial charge is 0.329 e. The van der Waals surface area contributed by atoms with Gasteiger partial charge in [0.25, 0.3) is 0 Å². The minimum Gasteiger partial charge on any atom is -0.382 e. The van der Waals surface area contributed by atoms with Crippen molar-refractivity contribution in [3.8, 4) is 0 Å². The molecule has 2 N–H and O–H groups in total. The first-order chi connectivity index (χ1) is 10.2. The van der Waals surface area contributed by atoms with Gasteiger partial charge < -0.3 is 20.1 Å². The van der Waals surface area contributed by atoms with Crippen molar-refractivity contribution in [1.82, 2.24) is 9.97 Å². The topological polar surface area (TPSA) is 111 Å². The Bertz CT molecular complexity index is 444. The van der Waals surface area contributed by atoms with E-state index in [-0.39, 0.29) is 11.5 Å². The summed E-state index contributed by atoms with van der Waals surface area (Å²) in [4.78, 5) is 18.4. The molecule has 1 heterocycles. The molecule has 0 unspecified atom stereocenters. The Labute approximate surface area is 123 Å². The molecular weight excluding hydrogens is 278 g/mol. The van der Waals surface area contributed by atoms with Crippen molar-refractivity contribution in [2.75, 3.05) is 50.7 Å². The molecule has 0 radical (unpaired) electrons. The van der Waals surface area contributed by atoms with Crippen LogP contribution >= 0.6 is 0 Å². The number of nitrogens with zero attached hydrogens (tertiary/aromatic N) is 3. The minimum absolute atomic E-state index is 0.142. The Hall–Kier alpha value is -2.00. The van der Waals surface area contributed by atoms with E-state index in [0.29, 0.717) is 45.3 Å². The van der Waals surface area contributed by atoms with Crippen LogP contribution in [0.1, 0.15) is 13.3 Å². The predicted molar refractivity (Wildman–Crippen MR) is 78.7 cm³/mol. The monoisotopic (exact) mass is 299 g/mol. The third kappa shape index (κ3) is 6.32. The fourth-order valence-corrected chi connectivity index (χ4v) is 1.51. The van der Waals surface area contributed by atoms with Gasteiger partial charge in [0.15, 0.2) is 0 Å². The molecule has 0 aromatic carbocycles. The van der Waals surface area contributed by atoms with Crippen LogP contribution in [0.3, 0.4) is 0 Å². The Balaban J connectivity index is 2.47. The van der Waals surface area contributed by atoms with Crippen molar-refractivity contribution in [1.29, 1.82) is 0 Å². The molecule has 1 rings (SSSR count). The van der Waals surface area contributed by atoms with Crippen molar-refractivity contribution in [3.63, 3.8) is 0 Å². The number of ether oxygens (including phenoxy) is 2. The van der Waals surface area contributed by atoms with Gasteiger partial charge in [-0.25, -0.2) is 4.98 Å². The van der Waals surface area contributed by atoms with Gasteiger partial charge in [0.1, 0.15) is 6.20 Å². The highest BCUT2D eigenvalue weighted by Gasteiger charge is 2.16. The molecule has 0 saturated heterocycles. The van der Waals surface area contributed by atoms with Crippen LogP contribution in [0.2, 0.25) is 0 Å². The first kappa shape index (κ1) is 17.1. The molecule has 0 aliphatic rings. The molecule has 0 aliphatic heterocycles. The van der Waals surface area contributed by atoms with Crippen LogP contribution in [0, 0.1) is 10.1 Å². The Morgan fingerprint density at radius 1 is 1.33 bits per heavy atom. The molecule has 0 saturated carbocycles. The van der Waals surface area contributed by atoms with Crippen molar-refractivity contribution in [2.24, 2.45) is 0 Å². The number of aromatic nitrogens is 2. The largest absolute Gasteiger partial charge is 0.382 e. The van der Waals surface area contributed by atoms with Crippen LogP contribution in [0.5, 0.6) is 0 Å². The van der Waals surface area contributed by atoms with Crippen LogP contribution in [0.15, 0.2) is 6.20 Å². The summed E-state index contributed by atoms with van der Waals surface area (Å²) in [5, 5.41) is 16.8. The van der Waals surface area contributed by atoms with E-state index in [1.807, 2.05) is 6.92 Å².